The van der Waals surface area contributed by atoms with Crippen LogP contribution in [-0.2, 0) is 4.74 Å². The number of nitrogens with zero attached hydrogens (tertiary/aromatic N) is 2. The van der Waals surface area contributed by atoms with Crippen molar-refractivity contribution < 1.29 is 4.74 Å². The molecule has 0 radical (unpaired) electrons. The number of hydrogen-bond donors (Lipinski definition) is 1. The first-order valence-electron chi connectivity index (χ1n) is 5.40. The van der Waals surface area contributed by atoms with E-state index >= 15 is 0 Å². The van der Waals surface area contributed by atoms with Crippen molar-refractivity contribution in [1.29, 1.82) is 0 Å². The molecule has 1 heterocycles. The van der Waals surface area contributed by atoms with Gasteiger partial charge in [-0.1, -0.05) is 13.8 Å². The van der Waals surface area contributed by atoms with Crippen molar-refractivity contribution in [3.8, 4) is 0 Å². The van der Waals surface area contributed by atoms with Gasteiger partial charge in [-0.15, -0.1) is 0 Å². The molecule has 0 fully saturated rings. The molecule has 0 unspecified atom stereocenters. The zero-order chi connectivity index (χ0) is 12.0. The second-order valence-electron chi connectivity index (χ2n) is 4.02. The highest BCUT2D eigenvalue weighted by Gasteiger charge is 1.99. The molecule has 90 valence electrons. The molecule has 0 saturated carbocycles. The second-order valence-corrected chi connectivity index (χ2v) is 4.83. The topological polar surface area (TPSA) is 47.0 Å². The number of nitrogens with one attached hydrogen (secondary N) is 1. The summed E-state index contributed by atoms with van der Waals surface area (Å²) in [4.78, 5) is 8.40. The number of aromatic nitrogens is 2. The van der Waals surface area contributed by atoms with E-state index < -0.39 is 0 Å². The highest BCUT2D eigenvalue weighted by molar-refractivity contribution is 9.10. The first kappa shape index (κ1) is 13.4. The van der Waals surface area contributed by atoms with Gasteiger partial charge in [0.05, 0.1) is 6.61 Å². The summed E-state index contributed by atoms with van der Waals surface area (Å²) in [5.74, 6) is 2.16. The van der Waals surface area contributed by atoms with Gasteiger partial charge in [-0.05, 0) is 28.8 Å². The molecule has 0 aromatic carbocycles. The van der Waals surface area contributed by atoms with Gasteiger partial charge in [0.1, 0.15) is 16.2 Å². The molecule has 0 aliphatic carbocycles. The Morgan fingerprint density at radius 2 is 2.19 bits per heavy atom. The average Bonchev–Trinajstić information content (AvgIpc) is 2.15. The third-order valence-electron chi connectivity index (χ3n) is 1.81. The minimum absolute atomic E-state index is 0.579. The van der Waals surface area contributed by atoms with E-state index in [0.29, 0.717) is 12.5 Å². The lowest BCUT2D eigenvalue weighted by atomic mass is 10.2. The number of ether oxygens (including phenoxy) is 1. The maximum absolute atomic E-state index is 5.46. The summed E-state index contributed by atoms with van der Waals surface area (Å²) in [6, 6.07) is 1.86. The smallest absolute Gasteiger partial charge is 0.130 e. The van der Waals surface area contributed by atoms with Gasteiger partial charge >= 0.3 is 0 Å². The normalized spacial score (nSPS) is 10.8. The molecule has 0 bridgehead atoms. The Kier molecular flexibility index (Phi) is 5.69. The van der Waals surface area contributed by atoms with E-state index in [0.717, 1.165) is 29.4 Å². The van der Waals surface area contributed by atoms with E-state index in [1.807, 2.05) is 13.0 Å². The highest BCUT2D eigenvalue weighted by Crippen LogP contribution is 2.11. The lowest BCUT2D eigenvalue weighted by Gasteiger charge is -2.08. The molecule has 5 heteroatoms. The maximum atomic E-state index is 5.46. The number of halogens is 1. The molecular formula is C11H18BrN3O. The predicted octanol–water partition coefficient (Wildman–Crippen LogP) is 2.63. The fraction of sp³-hybridized carbons (Fsp3) is 0.636. The Hall–Kier alpha value is -0.680. The summed E-state index contributed by atoms with van der Waals surface area (Å²) < 4.78 is 6.26. The van der Waals surface area contributed by atoms with Gasteiger partial charge in [0.2, 0.25) is 0 Å². The van der Waals surface area contributed by atoms with Crippen molar-refractivity contribution in [1.82, 2.24) is 9.97 Å². The van der Waals surface area contributed by atoms with Crippen LogP contribution in [-0.4, -0.2) is 29.7 Å². The van der Waals surface area contributed by atoms with Crippen LogP contribution in [0.3, 0.4) is 0 Å². The fourth-order valence-corrected chi connectivity index (χ4v) is 1.67. The van der Waals surface area contributed by atoms with E-state index in [-0.39, 0.29) is 0 Å². The Bertz CT molecular complexity index is 311. The standard InChI is InChI=1S/C11H18BrN3O/c1-8(2)7-16-5-4-13-11-6-10(12)14-9(3)15-11/h6,8H,4-5,7H2,1-3H3,(H,13,14,15). The van der Waals surface area contributed by atoms with Gasteiger partial charge in [0, 0.05) is 19.2 Å². The zero-order valence-electron chi connectivity index (χ0n) is 9.96. The van der Waals surface area contributed by atoms with Crippen LogP contribution in [0.5, 0.6) is 0 Å². The Labute approximate surface area is 105 Å². The molecule has 0 atom stereocenters. The van der Waals surface area contributed by atoms with Gasteiger partial charge in [0.25, 0.3) is 0 Å². The Morgan fingerprint density at radius 3 is 2.81 bits per heavy atom. The molecule has 16 heavy (non-hydrogen) atoms. The summed E-state index contributed by atoms with van der Waals surface area (Å²) in [7, 11) is 0. The molecular weight excluding hydrogens is 270 g/mol. The molecule has 1 aromatic rings. The summed E-state index contributed by atoms with van der Waals surface area (Å²) in [5.41, 5.74) is 0. The van der Waals surface area contributed by atoms with E-state index in [1.54, 1.807) is 0 Å². The maximum Gasteiger partial charge on any atom is 0.130 e. The zero-order valence-corrected chi connectivity index (χ0v) is 11.5. The minimum Gasteiger partial charge on any atom is -0.379 e. The van der Waals surface area contributed by atoms with Crippen LogP contribution < -0.4 is 5.32 Å². The molecule has 4 nitrogen and oxygen atoms in total. The number of hydrogen-bond acceptors (Lipinski definition) is 4. The molecule has 1 rings (SSSR count). The monoisotopic (exact) mass is 287 g/mol. The van der Waals surface area contributed by atoms with Crippen LogP contribution in [0.25, 0.3) is 0 Å². The molecule has 0 spiro atoms. The van der Waals surface area contributed by atoms with Gasteiger partial charge in [-0.2, -0.15) is 0 Å². The SMILES string of the molecule is Cc1nc(Br)cc(NCCOCC(C)C)n1. The first-order valence-corrected chi connectivity index (χ1v) is 6.20. The van der Waals surface area contributed by atoms with Gasteiger partial charge < -0.3 is 10.1 Å². The fourth-order valence-electron chi connectivity index (χ4n) is 1.19. The predicted molar refractivity (Wildman–Crippen MR) is 68.6 cm³/mol. The van der Waals surface area contributed by atoms with Crippen LogP contribution in [0.2, 0.25) is 0 Å². The molecule has 0 aliphatic rings. The van der Waals surface area contributed by atoms with Crippen molar-refractivity contribution in [3.63, 3.8) is 0 Å². The Balaban J connectivity index is 2.26. The molecule has 1 aromatic heterocycles. The van der Waals surface area contributed by atoms with E-state index in [4.69, 9.17) is 4.74 Å². The van der Waals surface area contributed by atoms with Crippen LogP contribution >= 0.6 is 15.9 Å². The summed E-state index contributed by atoms with van der Waals surface area (Å²) in [6.07, 6.45) is 0. The minimum atomic E-state index is 0.579. The van der Waals surface area contributed by atoms with Crippen LogP contribution in [0.15, 0.2) is 10.7 Å². The van der Waals surface area contributed by atoms with Crippen molar-refractivity contribution in [2.45, 2.75) is 20.8 Å². The van der Waals surface area contributed by atoms with Gasteiger partial charge in [0.15, 0.2) is 0 Å². The van der Waals surface area contributed by atoms with Crippen molar-refractivity contribution in [2.75, 3.05) is 25.1 Å². The summed E-state index contributed by atoms with van der Waals surface area (Å²) in [6.45, 7) is 8.39. The van der Waals surface area contributed by atoms with Crippen molar-refractivity contribution in [3.05, 3.63) is 16.5 Å². The van der Waals surface area contributed by atoms with Gasteiger partial charge in [-0.25, -0.2) is 9.97 Å². The first-order chi connectivity index (χ1) is 7.58. The largest absolute Gasteiger partial charge is 0.379 e. The molecule has 0 aliphatic heterocycles. The van der Waals surface area contributed by atoms with Crippen LogP contribution in [0, 0.1) is 12.8 Å². The van der Waals surface area contributed by atoms with Crippen LogP contribution in [0.1, 0.15) is 19.7 Å². The van der Waals surface area contributed by atoms with E-state index in [2.05, 4.69) is 45.1 Å². The molecule has 1 N–H and O–H groups in total. The summed E-state index contributed by atoms with van der Waals surface area (Å²) >= 11 is 3.33. The Morgan fingerprint density at radius 1 is 1.44 bits per heavy atom. The number of anilines is 1. The quantitative estimate of drug-likeness (QED) is 0.645. The summed E-state index contributed by atoms with van der Waals surface area (Å²) in [5, 5.41) is 3.19. The van der Waals surface area contributed by atoms with Crippen LogP contribution in [0.4, 0.5) is 5.82 Å². The lowest BCUT2D eigenvalue weighted by Crippen LogP contribution is -2.13. The highest BCUT2D eigenvalue weighted by atomic mass is 79.9. The average molecular weight is 288 g/mol. The van der Waals surface area contributed by atoms with Crippen molar-refractivity contribution in [2.24, 2.45) is 5.92 Å². The number of rotatable bonds is 6. The lowest BCUT2D eigenvalue weighted by molar-refractivity contribution is 0.118. The third kappa shape index (κ3) is 5.42. The third-order valence-corrected chi connectivity index (χ3v) is 2.22. The van der Waals surface area contributed by atoms with E-state index in [1.165, 1.54) is 0 Å². The van der Waals surface area contributed by atoms with Gasteiger partial charge in [-0.3, -0.25) is 0 Å². The molecule has 0 amide bonds. The number of aryl methyl sites for hydroxylation is 1. The second kappa shape index (κ2) is 6.81. The van der Waals surface area contributed by atoms with Crippen molar-refractivity contribution >= 4 is 21.7 Å². The molecule has 0 saturated heterocycles. The van der Waals surface area contributed by atoms with E-state index in [9.17, 15) is 0 Å².